The molecule has 0 spiro atoms. The number of ether oxygens (including phenoxy) is 1. The van der Waals surface area contributed by atoms with E-state index < -0.39 is 0 Å². The van der Waals surface area contributed by atoms with Gasteiger partial charge in [-0.25, -0.2) is 0 Å². The van der Waals surface area contributed by atoms with Gasteiger partial charge in [0.05, 0.1) is 0 Å². The van der Waals surface area contributed by atoms with Crippen LogP contribution >= 0.6 is 15.9 Å². The second-order valence-corrected chi connectivity index (χ2v) is 5.70. The van der Waals surface area contributed by atoms with Gasteiger partial charge in [0.15, 0.2) is 6.61 Å². The Kier molecular flexibility index (Phi) is 4.20. The molecular weight excluding hydrogens is 346 g/mol. The Morgan fingerprint density at radius 3 is 2.50 bits per heavy atom. The van der Waals surface area contributed by atoms with Gasteiger partial charge in [0.2, 0.25) is 5.82 Å². The highest BCUT2D eigenvalue weighted by Crippen LogP contribution is 2.26. The van der Waals surface area contributed by atoms with Crippen molar-refractivity contribution in [1.29, 1.82) is 0 Å². The molecule has 0 N–H and O–H groups in total. The van der Waals surface area contributed by atoms with E-state index in [0.29, 0.717) is 11.7 Å². The molecule has 3 rings (SSSR count). The van der Waals surface area contributed by atoms with Crippen LogP contribution in [0.4, 0.5) is 0 Å². The maximum atomic E-state index is 5.73. The smallest absolute Gasteiger partial charge is 0.264 e. The van der Waals surface area contributed by atoms with Crippen molar-refractivity contribution in [1.82, 2.24) is 15.1 Å². The van der Waals surface area contributed by atoms with E-state index in [2.05, 4.69) is 31.1 Å². The number of benzene rings is 1. The summed E-state index contributed by atoms with van der Waals surface area (Å²) in [6.07, 6.45) is 3.38. The first-order valence-electron chi connectivity index (χ1n) is 6.76. The summed E-state index contributed by atoms with van der Waals surface area (Å²) < 4.78 is 12.0. The summed E-state index contributed by atoms with van der Waals surface area (Å²) in [5.74, 6) is 1.75. The molecule has 0 amide bonds. The molecule has 0 saturated heterocycles. The Hall–Kier alpha value is -2.21. The number of aryl methyl sites for hydroxylation is 2. The quantitative estimate of drug-likeness (QED) is 0.701. The molecule has 1 aromatic carbocycles. The van der Waals surface area contributed by atoms with Crippen molar-refractivity contribution in [2.45, 2.75) is 20.5 Å². The molecule has 2 aromatic heterocycles. The number of hydrogen-bond acceptors (Lipinski definition) is 5. The zero-order chi connectivity index (χ0) is 15.5. The Morgan fingerprint density at radius 1 is 1.14 bits per heavy atom. The fourth-order valence-corrected chi connectivity index (χ4v) is 2.30. The average Bonchev–Trinajstić information content (AvgIpc) is 3.00. The molecule has 5 nitrogen and oxygen atoms in total. The third kappa shape index (κ3) is 3.17. The second kappa shape index (κ2) is 6.27. The highest BCUT2D eigenvalue weighted by Gasteiger charge is 2.10. The summed E-state index contributed by atoms with van der Waals surface area (Å²) in [7, 11) is 0. The van der Waals surface area contributed by atoms with Crippen LogP contribution in [0.1, 0.15) is 17.0 Å². The standard InChI is InChI=1S/C16H14BrN3O2/c1-10-7-13(8-11(2)15(10)17)21-9-14-19-16(20-22-14)12-3-5-18-6-4-12/h3-8H,9H2,1-2H3. The molecule has 0 saturated carbocycles. The largest absolute Gasteiger partial charge is 0.484 e. The first-order valence-corrected chi connectivity index (χ1v) is 7.55. The average molecular weight is 360 g/mol. The molecule has 0 unspecified atom stereocenters. The van der Waals surface area contributed by atoms with Crippen molar-refractivity contribution in [2.24, 2.45) is 0 Å². The molecule has 0 aliphatic heterocycles. The van der Waals surface area contributed by atoms with Crippen molar-refractivity contribution in [2.75, 3.05) is 0 Å². The van der Waals surface area contributed by atoms with E-state index in [9.17, 15) is 0 Å². The van der Waals surface area contributed by atoms with Gasteiger partial charge in [0.1, 0.15) is 5.75 Å². The summed E-state index contributed by atoms with van der Waals surface area (Å²) in [5, 5.41) is 3.95. The predicted octanol–water partition coefficient (Wildman–Crippen LogP) is 4.09. The van der Waals surface area contributed by atoms with Gasteiger partial charge in [0.25, 0.3) is 5.89 Å². The maximum Gasteiger partial charge on any atom is 0.264 e. The third-order valence-corrected chi connectivity index (χ3v) is 4.43. The van der Waals surface area contributed by atoms with Crippen molar-refractivity contribution < 1.29 is 9.26 Å². The molecule has 0 aliphatic rings. The van der Waals surface area contributed by atoms with E-state index in [1.54, 1.807) is 12.4 Å². The van der Waals surface area contributed by atoms with Crippen LogP contribution in [0.25, 0.3) is 11.4 Å². The highest BCUT2D eigenvalue weighted by atomic mass is 79.9. The first-order chi connectivity index (χ1) is 10.6. The van der Waals surface area contributed by atoms with Gasteiger partial charge in [-0.15, -0.1) is 0 Å². The first kappa shape index (κ1) is 14.7. The number of hydrogen-bond donors (Lipinski definition) is 0. The molecule has 112 valence electrons. The predicted molar refractivity (Wildman–Crippen MR) is 85.5 cm³/mol. The van der Waals surface area contributed by atoms with Gasteiger partial charge in [-0.1, -0.05) is 21.1 Å². The van der Waals surface area contributed by atoms with Crippen molar-refractivity contribution in [3.8, 4) is 17.1 Å². The fraction of sp³-hybridized carbons (Fsp3) is 0.188. The van der Waals surface area contributed by atoms with E-state index in [1.807, 2.05) is 38.1 Å². The lowest BCUT2D eigenvalue weighted by Gasteiger charge is -2.08. The van der Waals surface area contributed by atoms with Crippen LogP contribution in [0, 0.1) is 13.8 Å². The normalized spacial score (nSPS) is 10.7. The van der Waals surface area contributed by atoms with Crippen LogP contribution in [0.3, 0.4) is 0 Å². The summed E-state index contributed by atoms with van der Waals surface area (Å²) >= 11 is 3.54. The number of rotatable bonds is 4. The molecule has 0 aliphatic carbocycles. The molecule has 2 heterocycles. The monoisotopic (exact) mass is 359 g/mol. The topological polar surface area (TPSA) is 61.0 Å². The SMILES string of the molecule is Cc1cc(OCc2nc(-c3ccncc3)no2)cc(C)c1Br. The van der Waals surface area contributed by atoms with Crippen LogP contribution in [0.2, 0.25) is 0 Å². The molecule has 3 aromatic rings. The molecule has 0 atom stereocenters. The van der Waals surface area contributed by atoms with Crippen molar-refractivity contribution >= 4 is 15.9 Å². The summed E-state index contributed by atoms with van der Waals surface area (Å²) in [4.78, 5) is 8.28. The van der Waals surface area contributed by atoms with Gasteiger partial charge >= 0.3 is 0 Å². The molecular formula is C16H14BrN3O2. The minimum atomic E-state index is 0.235. The zero-order valence-electron chi connectivity index (χ0n) is 12.2. The Labute approximate surface area is 136 Å². The van der Waals surface area contributed by atoms with E-state index in [-0.39, 0.29) is 6.61 Å². The third-order valence-electron chi connectivity index (χ3n) is 3.18. The van der Waals surface area contributed by atoms with Gasteiger partial charge in [0, 0.05) is 22.4 Å². The molecule has 6 heteroatoms. The number of aromatic nitrogens is 3. The van der Waals surface area contributed by atoms with Gasteiger partial charge in [-0.2, -0.15) is 4.98 Å². The van der Waals surface area contributed by atoms with E-state index >= 15 is 0 Å². The summed E-state index contributed by atoms with van der Waals surface area (Å²) in [6.45, 7) is 4.29. The van der Waals surface area contributed by atoms with E-state index in [1.165, 1.54) is 0 Å². The van der Waals surface area contributed by atoms with Crippen LogP contribution < -0.4 is 4.74 Å². The highest BCUT2D eigenvalue weighted by molar-refractivity contribution is 9.10. The van der Waals surface area contributed by atoms with Gasteiger partial charge < -0.3 is 9.26 Å². The van der Waals surface area contributed by atoms with Crippen LogP contribution in [-0.4, -0.2) is 15.1 Å². The molecule has 22 heavy (non-hydrogen) atoms. The van der Waals surface area contributed by atoms with Crippen LogP contribution in [-0.2, 0) is 6.61 Å². The lowest BCUT2D eigenvalue weighted by atomic mass is 10.1. The van der Waals surface area contributed by atoms with Crippen LogP contribution in [0.15, 0.2) is 45.7 Å². The molecule has 0 fully saturated rings. The van der Waals surface area contributed by atoms with E-state index in [0.717, 1.165) is 26.9 Å². The van der Waals surface area contributed by atoms with Crippen molar-refractivity contribution in [3.63, 3.8) is 0 Å². The second-order valence-electron chi connectivity index (χ2n) is 4.91. The minimum Gasteiger partial charge on any atom is -0.484 e. The fourth-order valence-electron chi connectivity index (χ4n) is 2.07. The zero-order valence-corrected chi connectivity index (χ0v) is 13.8. The van der Waals surface area contributed by atoms with Gasteiger partial charge in [-0.3, -0.25) is 4.98 Å². The van der Waals surface area contributed by atoms with Crippen LogP contribution in [0.5, 0.6) is 5.75 Å². The van der Waals surface area contributed by atoms with Gasteiger partial charge in [-0.05, 0) is 49.2 Å². The number of halogens is 1. The maximum absolute atomic E-state index is 5.73. The summed E-state index contributed by atoms with van der Waals surface area (Å²) in [6, 6.07) is 7.60. The summed E-state index contributed by atoms with van der Waals surface area (Å²) in [5.41, 5.74) is 3.11. The molecule has 0 bridgehead atoms. The van der Waals surface area contributed by atoms with Crippen molar-refractivity contribution in [3.05, 3.63) is 58.1 Å². The Morgan fingerprint density at radius 2 is 1.82 bits per heavy atom. The Balaban J connectivity index is 1.71. The Bertz CT molecular complexity index is 764. The lowest BCUT2D eigenvalue weighted by molar-refractivity contribution is 0.242. The number of nitrogens with zero attached hydrogens (tertiary/aromatic N) is 3. The van der Waals surface area contributed by atoms with E-state index in [4.69, 9.17) is 9.26 Å². The minimum absolute atomic E-state index is 0.235. The lowest BCUT2D eigenvalue weighted by Crippen LogP contribution is -1.97. The number of pyridine rings is 1. The molecule has 0 radical (unpaired) electrons.